The number of amides is 3. The van der Waals surface area contributed by atoms with Crippen molar-refractivity contribution in [3.8, 4) is 0 Å². The van der Waals surface area contributed by atoms with E-state index in [0.717, 1.165) is 12.8 Å². The van der Waals surface area contributed by atoms with E-state index < -0.39 is 6.23 Å². The molecule has 4 N–H and O–H groups in total. The second-order valence-electron chi connectivity index (χ2n) is 5.50. The number of nitrogens with one attached hydrogen (secondary N) is 3. The Hall–Kier alpha value is -2.19. The minimum absolute atomic E-state index is 0.0110. The molecule has 0 saturated carbocycles. The molecule has 1 heterocycles. The van der Waals surface area contributed by atoms with Crippen LogP contribution >= 0.6 is 0 Å². The van der Waals surface area contributed by atoms with Crippen LogP contribution in [0.5, 0.6) is 0 Å². The van der Waals surface area contributed by atoms with Gasteiger partial charge >= 0.3 is 0 Å². The zero-order chi connectivity index (χ0) is 17.9. The Balaban J connectivity index is 2.03. The number of aliphatic hydroxyl groups is 1. The SMILES string of the molecule is C=C1C=CC(=O)N1CCCCCC(=O)NCC(O)NCC(=O)NC. The first-order chi connectivity index (χ1) is 11.4. The maximum atomic E-state index is 11.6. The van der Waals surface area contributed by atoms with Gasteiger partial charge in [-0.15, -0.1) is 0 Å². The number of allylic oxidation sites excluding steroid dienone is 1. The Kier molecular flexibility index (Phi) is 8.74. The van der Waals surface area contributed by atoms with Crippen LogP contribution in [0.2, 0.25) is 0 Å². The average Bonchev–Trinajstić information content (AvgIpc) is 2.89. The molecule has 1 atom stereocenters. The Morgan fingerprint density at radius 2 is 2.00 bits per heavy atom. The third kappa shape index (κ3) is 7.38. The average molecular weight is 338 g/mol. The van der Waals surface area contributed by atoms with Gasteiger partial charge in [-0.1, -0.05) is 13.0 Å². The molecule has 1 unspecified atom stereocenters. The maximum absolute atomic E-state index is 11.6. The molecule has 0 saturated heterocycles. The molecule has 0 bridgehead atoms. The quantitative estimate of drug-likeness (QED) is 0.292. The largest absolute Gasteiger partial charge is 0.377 e. The monoisotopic (exact) mass is 338 g/mol. The number of hydrogen-bond acceptors (Lipinski definition) is 5. The lowest BCUT2D eigenvalue weighted by atomic mass is 10.2. The van der Waals surface area contributed by atoms with E-state index in [1.165, 1.54) is 13.1 Å². The first-order valence-electron chi connectivity index (χ1n) is 8.01. The van der Waals surface area contributed by atoms with E-state index >= 15 is 0 Å². The van der Waals surface area contributed by atoms with Crippen molar-refractivity contribution in [1.82, 2.24) is 20.9 Å². The summed E-state index contributed by atoms with van der Waals surface area (Å²) in [5.74, 6) is -0.440. The van der Waals surface area contributed by atoms with Gasteiger partial charge in [-0.05, 0) is 18.9 Å². The fraction of sp³-hybridized carbons (Fsp3) is 0.562. The van der Waals surface area contributed by atoms with Crippen molar-refractivity contribution < 1.29 is 19.5 Å². The first kappa shape index (κ1) is 19.9. The van der Waals surface area contributed by atoms with Crippen molar-refractivity contribution in [3.05, 3.63) is 24.4 Å². The lowest BCUT2D eigenvalue weighted by molar-refractivity contribution is -0.124. The number of hydrogen-bond donors (Lipinski definition) is 4. The van der Waals surface area contributed by atoms with Crippen LogP contribution in [0.15, 0.2) is 24.4 Å². The Labute approximate surface area is 142 Å². The molecule has 0 aliphatic carbocycles. The predicted octanol–water partition coefficient (Wildman–Crippen LogP) is -0.771. The van der Waals surface area contributed by atoms with Crippen molar-refractivity contribution in [2.45, 2.75) is 31.9 Å². The third-order valence-corrected chi connectivity index (χ3v) is 3.59. The van der Waals surface area contributed by atoms with Gasteiger partial charge in [-0.2, -0.15) is 0 Å². The molecular weight excluding hydrogens is 312 g/mol. The van der Waals surface area contributed by atoms with Gasteiger partial charge in [0.05, 0.1) is 13.1 Å². The van der Waals surface area contributed by atoms with E-state index in [0.29, 0.717) is 25.1 Å². The number of carbonyl (C=O) groups is 3. The number of rotatable bonds is 11. The molecule has 134 valence electrons. The summed E-state index contributed by atoms with van der Waals surface area (Å²) in [6.07, 6.45) is 4.91. The van der Waals surface area contributed by atoms with Crippen molar-refractivity contribution in [2.75, 3.05) is 26.7 Å². The molecule has 8 heteroatoms. The number of nitrogens with zero attached hydrogens (tertiary/aromatic N) is 1. The smallest absolute Gasteiger partial charge is 0.251 e. The van der Waals surface area contributed by atoms with E-state index in [1.807, 2.05) is 0 Å². The summed E-state index contributed by atoms with van der Waals surface area (Å²) in [6, 6.07) is 0. The fourth-order valence-corrected chi connectivity index (χ4v) is 2.14. The molecule has 0 radical (unpaired) electrons. The molecule has 1 aliphatic heterocycles. The molecule has 0 aromatic heterocycles. The fourth-order valence-electron chi connectivity index (χ4n) is 2.14. The second-order valence-corrected chi connectivity index (χ2v) is 5.50. The van der Waals surface area contributed by atoms with E-state index in [2.05, 4.69) is 22.5 Å². The molecule has 0 fully saturated rings. The van der Waals surface area contributed by atoms with E-state index in [1.54, 1.807) is 11.0 Å². The van der Waals surface area contributed by atoms with Gasteiger partial charge in [0, 0.05) is 31.8 Å². The van der Waals surface area contributed by atoms with Gasteiger partial charge < -0.3 is 20.6 Å². The second kappa shape index (κ2) is 10.6. The van der Waals surface area contributed by atoms with Crippen LogP contribution in [0.25, 0.3) is 0 Å². The van der Waals surface area contributed by atoms with Gasteiger partial charge in [-0.3, -0.25) is 19.7 Å². The summed E-state index contributed by atoms with van der Waals surface area (Å²) in [7, 11) is 1.50. The number of aliphatic hydroxyl groups excluding tert-OH is 1. The number of unbranched alkanes of at least 4 members (excludes halogenated alkanes) is 2. The van der Waals surface area contributed by atoms with Crippen molar-refractivity contribution >= 4 is 17.7 Å². The lowest BCUT2D eigenvalue weighted by Crippen LogP contribution is -2.44. The molecule has 0 aromatic carbocycles. The van der Waals surface area contributed by atoms with Crippen LogP contribution < -0.4 is 16.0 Å². The summed E-state index contributed by atoms with van der Waals surface area (Å²) in [6.45, 7) is 4.42. The van der Waals surface area contributed by atoms with Crippen LogP contribution in [-0.4, -0.2) is 60.6 Å². The highest BCUT2D eigenvalue weighted by atomic mass is 16.3. The van der Waals surface area contributed by atoms with E-state index in [4.69, 9.17) is 0 Å². The van der Waals surface area contributed by atoms with Gasteiger partial charge in [0.25, 0.3) is 5.91 Å². The topological polar surface area (TPSA) is 111 Å². The van der Waals surface area contributed by atoms with Crippen LogP contribution in [0.4, 0.5) is 0 Å². The normalized spacial score (nSPS) is 14.8. The van der Waals surface area contributed by atoms with Gasteiger partial charge in [0.2, 0.25) is 11.8 Å². The van der Waals surface area contributed by atoms with Gasteiger partial charge in [0.15, 0.2) is 0 Å². The molecule has 24 heavy (non-hydrogen) atoms. The Bertz CT molecular complexity index is 486. The maximum Gasteiger partial charge on any atom is 0.251 e. The van der Waals surface area contributed by atoms with Crippen LogP contribution in [0, 0.1) is 0 Å². The molecule has 8 nitrogen and oxygen atoms in total. The summed E-state index contributed by atoms with van der Waals surface area (Å²) < 4.78 is 0. The predicted molar refractivity (Wildman–Crippen MR) is 89.5 cm³/mol. The minimum atomic E-state index is -0.967. The van der Waals surface area contributed by atoms with E-state index in [9.17, 15) is 19.5 Å². The standard InChI is InChI=1S/C16H26N4O4/c1-12-7-8-16(24)20(12)9-5-3-4-6-13(21)18-11-15(23)19-10-14(22)17-2/h7-8,15,19,23H,1,3-6,9-11H2,2H3,(H,17,22)(H,18,21). The lowest BCUT2D eigenvalue weighted by Gasteiger charge is -2.16. The highest BCUT2D eigenvalue weighted by Gasteiger charge is 2.17. The van der Waals surface area contributed by atoms with E-state index in [-0.39, 0.29) is 30.8 Å². The zero-order valence-corrected chi connectivity index (χ0v) is 14.0. The summed E-state index contributed by atoms with van der Waals surface area (Å²) in [4.78, 5) is 35.7. The van der Waals surface area contributed by atoms with Crippen molar-refractivity contribution in [2.24, 2.45) is 0 Å². The first-order valence-corrected chi connectivity index (χ1v) is 8.01. The van der Waals surface area contributed by atoms with Crippen LogP contribution in [-0.2, 0) is 14.4 Å². The molecule has 1 aliphatic rings. The molecule has 3 amide bonds. The van der Waals surface area contributed by atoms with Gasteiger partial charge in [0.1, 0.15) is 6.23 Å². The molecule has 0 aromatic rings. The summed E-state index contributed by atoms with van der Waals surface area (Å²) >= 11 is 0. The minimum Gasteiger partial charge on any atom is -0.377 e. The molecule has 1 rings (SSSR count). The molecule has 0 spiro atoms. The zero-order valence-electron chi connectivity index (χ0n) is 14.0. The van der Waals surface area contributed by atoms with Crippen molar-refractivity contribution in [1.29, 1.82) is 0 Å². The third-order valence-electron chi connectivity index (χ3n) is 3.59. The highest BCUT2D eigenvalue weighted by molar-refractivity contribution is 5.92. The Morgan fingerprint density at radius 1 is 1.25 bits per heavy atom. The highest BCUT2D eigenvalue weighted by Crippen LogP contribution is 2.14. The number of carbonyl (C=O) groups excluding carboxylic acids is 3. The molecular formula is C16H26N4O4. The summed E-state index contributed by atoms with van der Waals surface area (Å²) in [5, 5.41) is 17.2. The van der Waals surface area contributed by atoms with Crippen molar-refractivity contribution in [3.63, 3.8) is 0 Å². The summed E-state index contributed by atoms with van der Waals surface area (Å²) in [5.41, 5.74) is 0.705. The van der Waals surface area contributed by atoms with Crippen LogP contribution in [0.3, 0.4) is 0 Å². The van der Waals surface area contributed by atoms with Crippen LogP contribution in [0.1, 0.15) is 25.7 Å². The Morgan fingerprint density at radius 3 is 2.62 bits per heavy atom. The number of likely N-dealkylation sites (N-methyl/N-ethyl adjacent to an activating group) is 1. The van der Waals surface area contributed by atoms with Gasteiger partial charge in [-0.25, -0.2) is 0 Å².